The molecule has 2 heterocycles. The predicted molar refractivity (Wildman–Crippen MR) is 87.2 cm³/mol. The largest absolute Gasteiger partial charge is 1.00 e. The molecular weight excluding hydrogens is 370 g/mol. The highest BCUT2D eigenvalue weighted by molar-refractivity contribution is 5.93. The number of halogens is 1. The van der Waals surface area contributed by atoms with Gasteiger partial charge in [-0.2, -0.15) is 0 Å². The molecule has 0 fully saturated rings. The van der Waals surface area contributed by atoms with E-state index in [9.17, 15) is 9.59 Å². The van der Waals surface area contributed by atoms with Gasteiger partial charge in [0.15, 0.2) is 18.2 Å². The van der Waals surface area contributed by atoms with Crippen LogP contribution in [0.5, 0.6) is 0 Å². The number of rotatable bonds is 4. The van der Waals surface area contributed by atoms with Crippen LogP contribution in [0.3, 0.4) is 0 Å². The molecule has 1 atom stereocenters. The van der Waals surface area contributed by atoms with Gasteiger partial charge in [0.05, 0.1) is 5.56 Å². The van der Waals surface area contributed by atoms with E-state index >= 15 is 0 Å². The van der Waals surface area contributed by atoms with E-state index in [0.29, 0.717) is 12.0 Å². The fourth-order valence-electron chi connectivity index (χ4n) is 2.64. The summed E-state index contributed by atoms with van der Waals surface area (Å²) >= 11 is 0. The number of carbonyl (C=O) groups excluding carboxylic acids is 2. The summed E-state index contributed by atoms with van der Waals surface area (Å²) in [6, 6.07) is 10.6. The highest BCUT2D eigenvalue weighted by Crippen LogP contribution is 2.18. The van der Waals surface area contributed by atoms with Gasteiger partial charge in [-0.05, 0) is 24.6 Å². The minimum atomic E-state index is -0.679. The van der Waals surface area contributed by atoms with E-state index in [0.717, 1.165) is 16.5 Å². The molecule has 0 radical (unpaired) electrons. The quantitative estimate of drug-likeness (QED) is 0.439. The molecule has 2 aromatic heterocycles. The highest BCUT2D eigenvalue weighted by atomic mass is 79.9. The molecule has 0 aliphatic rings. The standard InChI is InChI=1S/C18H18N3O2.BrH/c1-12(22)13-5-4-8-21(11-13)18(23)16(19)9-14-10-20-17-7-3-2-6-15(14)17;/h2-8,10-11,16,20H,9,19H2,1H3;1H/q+1;/p-1/t16-;/m0./s1. The molecule has 3 rings (SSSR count). The lowest BCUT2D eigenvalue weighted by atomic mass is 10.0. The Balaban J connectivity index is 0.00000208. The second-order valence-electron chi connectivity index (χ2n) is 5.56. The third-order valence-corrected chi connectivity index (χ3v) is 3.89. The van der Waals surface area contributed by atoms with Crippen molar-refractivity contribution in [2.24, 2.45) is 5.73 Å². The Morgan fingerprint density at radius 2 is 1.96 bits per heavy atom. The van der Waals surface area contributed by atoms with E-state index in [4.69, 9.17) is 5.73 Å². The summed E-state index contributed by atoms with van der Waals surface area (Å²) in [5, 5.41) is 1.07. The normalized spacial score (nSPS) is 11.8. The van der Waals surface area contributed by atoms with E-state index in [1.807, 2.05) is 30.5 Å². The number of pyridine rings is 1. The SMILES string of the molecule is CC(=O)c1ccc[n+](C(=O)[C@@H](N)Cc2c[nH]c3ccccc23)c1.[Br-]. The third-order valence-electron chi connectivity index (χ3n) is 3.89. The van der Waals surface area contributed by atoms with Gasteiger partial charge in [-0.1, -0.05) is 18.2 Å². The summed E-state index contributed by atoms with van der Waals surface area (Å²) in [6.45, 7) is 1.47. The summed E-state index contributed by atoms with van der Waals surface area (Å²) in [7, 11) is 0. The molecular formula is C18H18BrN3O2. The first-order valence-corrected chi connectivity index (χ1v) is 7.43. The molecule has 3 N–H and O–H groups in total. The van der Waals surface area contributed by atoms with Crippen LogP contribution in [-0.4, -0.2) is 22.7 Å². The Morgan fingerprint density at radius 3 is 2.71 bits per heavy atom. The van der Waals surface area contributed by atoms with E-state index in [2.05, 4.69) is 4.98 Å². The average molecular weight is 388 g/mol. The zero-order valence-electron chi connectivity index (χ0n) is 13.2. The third kappa shape index (κ3) is 3.60. The Labute approximate surface area is 150 Å². The second kappa shape index (κ2) is 7.51. The topological polar surface area (TPSA) is 79.8 Å². The number of aromatic nitrogens is 2. The maximum absolute atomic E-state index is 12.5. The van der Waals surface area contributed by atoms with Crippen LogP contribution >= 0.6 is 0 Å². The Bertz CT molecular complexity index is 889. The number of para-hydroxylation sites is 1. The zero-order chi connectivity index (χ0) is 16.4. The van der Waals surface area contributed by atoms with Crippen LogP contribution in [-0.2, 0) is 6.42 Å². The minimum Gasteiger partial charge on any atom is -1.00 e. The van der Waals surface area contributed by atoms with Gasteiger partial charge in [0.1, 0.15) is 6.04 Å². The molecule has 0 aliphatic heterocycles. The first-order chi connectivity index (χ1) is 11.1. The van der Waals surface area contributed by atoms with Crippen LogP contribution in [0.2, 0.25) is 0 Å². The number of Topliss-reactive ketones (excluding diaryl/α,β-unsaturated/α-hetero) is 1. The fraction of sp³-hybridized carbons (Fsp3) is 0.167. The number of hydrogen-bond donors (Lipinski definition) is 2. The summed E-state index contributed by atoms with van der Waals surface area (Å²) in [5.41, 5.74) is 8.60. The second-order valence-corrected chi connectivity index (χ2v) is 5.56. The molecule has 5 nitrogen and oxygen atoms in total. The van der Waals surface area contributed by atoms with E-state index in [1.165, 1.54) is 17.7 Å². The molecule has 0 amide bonds. The van der Waals surface area contributed by atoms with Crippen molar-refractivity contribution < 1.29 is 31.1 Å². The van der Waals surface area contributed by atoms with E-state index in [1.54, 1.807) is 18.3 Å². The van der Waals surface area contributed by atoms with Gasteiger partial charge in [0.2, 0.25) is 0 Å². The molecule has 124 valence electrons. The lowest BCUT2D eigenvalue weighted by Gasteiger charge is -2.06. The average Bonchev–Trinajstić information content (AvgIpc) is 2.97. The summed E-state index contributed by atoms with van der Waals surface area (Å²) < 4.78 is 1.39. The maximum Gasteiger partial charge on any atom is 0.409 e. The number of benzene rings is 1. The number of hydrogen-bond acceptors (Lipinski definition) is 3. The number of nitrogens with zero attached hydrogens (tertiary/aromatic N) is 1. The Kier molecular flexibility index (Phi) is 5.64. The minimum absolute atomic E-state index is 0. The van der Waals surface area contributed by atoms with Gasteiger partial charge in [-0.15, -0.1) is 4.57 Å². The first-order valence-electron chi connectivity index (χ1n) is 7.43. The van der Waals surface area contributed by atoms with Crippen molar-refractivity contribution in [1.29, 1.82) is 0 Å². The number of aromatic amines is 1. The van der Waals surface area contributed by atoms with Gasteiger partial charge in [0.25, 0.3) is 0 Å². The first kappa shape index (κ1) is 18.0. The lowest BCUT2D eigenvalue weighted by Crippen LogP contribution is -3.00. The smallest absolute Gasteiger partial charge is 0.409 e. The van der Waals surface area contributed by atoms with E-state index < -0.39 is 6.04 Å². The number of ketones is 1. The van der Waals surface area contributed by atoms with Crippen molar-refractivity contribution in [3.8, 4) is 0 Å². The van der Waals surface area contributed by atoms with Crippen molar-refractivity contribution in [2.75, 3.05) is 0 Å². The maximum atomic E-state index is 12.5. The van der Waals surface area contributed by atoms with Gasteiger partial charge in [0, 0.05) is 29.6 Å². The summed E-state index contributed by atoms with van der Waals surface area (Å²) in [6.07, 6.45) is 5.46. The molecule has 1 aromatic carbocycles. The molecule has 0 spiro atoms. The molecule has 0 unspecified atom stereocenters. The molecule has 0 saturated heterocycles. The van der Waals surface area contributed by atoms with Crippen LogP contribution in [0.25, 0.3) is 10.9 Å². The zero-order valence-corrected chi connectivity index (χ0v) is 14.8. The van der Waals surface area contributed by atoms with Crippen LogP contribution < -0.4 is 27.3 Å². The molecule has 0 bridgehead atoms. The molecule has 0 aliphatic carbocycles. The van der Waals surface area contributed by atoms with Crippen LogP contribution in [0.1, 0.15) is 27.6 Å². The number of carbonyl (C=O) groups is 2. The Hall–Kier alpha value is -2.31. The molecule has 24 heavy (non-hydrogen) atoms. The van der Waals surface area contributed by atoms with Gasteiger partial charge < -0.3 is 27.7 Å². The van der Waals surface area contributed by atoms with Crippen molar-refractivity contribution in [3.05, 3.63) is 66.1 Å². The van der Waals surface area contributed by atoms with Crippen LogP contribution in [0.15, 0.2) is 55.0 Å². The van der Waals surface area contributed by atoms with Crippen molar-refractivity contribution in [3.63, 3.8) is 0 Å². The van der Waals surface area contributed by atoms with Gasteiger partial charge in [-0.25, -0.2) is 4.79 Å². The number of nitrogens with one attached hydrogen (secondary N) is 1. The van der Waals surface area contributed by atoms with Crippen molar-refractivity contribution in [1.82, 2.24) is 4.98 Å². The number of nitrogens with two attached hydrogens (primary N) is 1. The molecule has 3 aromatic rings. The van der Waals surface area contributed by atoms with Gasteiger partial charge >= 0.3 is 5.91 Å². The highest BCUT2D eigenvalue weighted by Gasteiger charge is 2.25. The van der Waals surface area contributed by atoms with Crippen molar-refractivity contribution >= 4 is 22.6 Å². The van der Waals surface area contributed by atoms with Crippen LogP contribution in [0.4, 0.5) is 0 Å². The molecule has 6 heteroatoms. The Morgan fingerprint density at radius 1 is 1.21 bits per heavy atom. The van der Waals surface area contributed by atoms with E-state index in [-0.39, 0.29) is 28.7 Å². The number of H-pyrrole nitrogens is 1. The molecule has 0 saturated carbocycles. The van der Waals surface area contributed by atoms with Gasteiger partial charge in [-0.3, -0.25) is 4.79 Å². The monoisotopic (exact) mass is 387 g/mol. The van der Waals surface area contributed by atoms with Crippen molar-refractivity contribution in [2.45, 2.75) is 19.4 Å². The number of fused-ring (bicyclic) bond motifs is 1. The van der Waals surface area contributed by atoms with Crippen LogP contribution in [0, 0.1) is 0 Å². The summed E-state index contributed by atoms with van der Waals surface area (Å²) in [5.74, 6) is -0.323. The fourth-order valence-corrected chi connectivity index (χ4v) is 2.64. The lowest BCUT2D eigenvalue weighted by molar-refractivity contribution is -0.575. The summed E-state index contributed by atoms with van der Waals surface area (Å²) in [4.78, 5) is 27.1. The predicted octanol–water partition coefficient (Wildman–Crippen LogP) is -1.13.